The van der Waals surface area contributed by atoms with Gasteiger partial charge in [-0.3, -0.25) is 19.5 Å². The number of nitrogens with one attached hydrogen (secondary N) is 1. The Balaban J connectivity index is 1.72. The summed E-state index contributed by atoms with van der Waals surface area (Å²) in [6.45, 7) is 2.34. The predicted molar refractivity (Wildman–Crippen MR) is 125 cm³/mol. The Hall–Kier alpha value is -4.39. The minimum Gasteiger partial charge on any atom is -0.507 e. The second-order valence-electron chi connectivity index (χ2n) is 7.63. The van der Waals surface area contributed by atoms with Crippen LogP contribution < -0.4 is 9.64 Å². The molecule has 2 aromatic carbocycles. The number of pyridine rings is 1. The summed E-state index contributed by atoms with van der Waals surface area (Å²) in [5, 5.41) is 12.1. The molecule has 3 heterocycles. The number of H-pyrrole nitrogens is 1. The molecule has 5 rings (SSSR count). The molecule has 2 N–H and O–H groups in total. The molecule has 0 bridgehead atoms. The van der Waals surface area contributed by atoms with E-state index in [4.69, 9.17) is 4.74 Å². The van der Waals surface area contributed by atoms with Gasteiger partial charge in [0.25, 0.3) is 11.7 Å². The van der Waals surface area contributed by atoms with Crippen LogP contribution in [0.25, 0.3) is 16.7 Å². The van der Waals surface area contributed by atoms with Crippen molar-refractivity contribution in [3.8, 4) is 5.75 Å². The number of aliphatic hydroxyl groups excluding tert-OH is 1. The molecule has 4 aromatic rings. The molecule has 7 nitrogen and oxygen atoms in total. The van der Waals surface area contributed by atoms with Gasteiger partial charge in [0.2, 0.25) is 0 Å². The molecule has 2 aromatic heterocycles. The number of anilines is 1. The molecule has 33 heavy (non-hydrogen) atoms. The molecule has 1 saturated heterocycles. The number of amides is 1. The van der Waals surface area contributed by atoms with Crippen LogP contribution in [0.5, 0.6) is 5.75 Å². The minimum absolute atomic E-state index is 0.0257. The molecule has 0 aliphatic carbocycles. The molecule has 1 aliphatic heterocycles. The Morgan fingerprint density at radius 1 is 1.09 bits per heavy atom. The summed E-state index contributed by atoms with van der Waals surface area (Å²) < 4.78 is 5.59. The Bertz CT molecular complexity index is 1390. The zero-order valence-corrected chi connectivity index (χ0v) is 17.9. The van der Waals surface area contributed by atoms with E-state index in [0.717, 1.165) is 10.9 Å². The number of fused-ring (bicyclic) bond motifs is 1. The number of para-hydroxylation sites is 1. The van der Waals surface area contributed by atoms with Crippen molar-refractivity contribution in [3.63, 3.8) is 0 Å². The second-order valence-corrected chi connectivity index (χ2v) is 7.63. The highest BCUT2D eigenvalue weighted by Gasteiger charge is 2.47. The van der Waals surface area contributed by atoms with Gasteiger partial charge in [-0.25, -0.2) is 0 Å². The molecule has 1 atom stereocenters. The van der Waals surface area contributed by atoms with Crippen LogP contribution in [0.2, 0.25) is 0 Å². The van der Waals surface area contributed by atoms with E-state index in [-0.39, 0.29) is 11.3 Å². The maximum Gasteiger partial charge on any atom is 0.300 e. The van der Waals surface area contributed by atoms with Gasteiger partial charge in [-0.1, -0.05) is 24.3 Å². The zero-order valence-electron chi connectivity index (χ0n) is 17.9. The molecule has 0 spiro atoms. The van der Waals surface area contributed by atoms with Gasteiger partial charge in [0, 0.05) is 46.8 Å². The van der Waals surface area contributed by atoms with Crippen molar-refractivity contribution in [2.75, 3.05) is 11.5 Å². The van der Waals surface area contributed by atoms with Crippen molar-refractivity contribution in [3.05, 3.63) is 96.0 Å². The number of nitrogens with zero attached hydrogens (tertiary/aromatic N) is 2. The van der Waals surface area contributed by atoms with Crippen molar-refractivity contribution in [2.24, 2.45) is 0 Å². The highest BCUT2D eigenvalue weighted by Crippen LogP contribution is 2.43. The number of hydrogen-bond acceptors (Lipinski definition) is 5. The number of carbonyl (C=O) groups excluding carboxylic acids is 2. The first-order valence-electron chi connectivity index (χ1n) is 10.6. The molecular weight excluding hydrogens is 418 g/mol. The standard InChI is InChI=1S/C26H21N3O4/c1-2-33-18-7-5-6-17(14-18)29-23(16-10-12-27-13-11-16)22(25(31)26(29)32)24(30)20-15-28-21-9-4-3-8-19(20)21/h3-15,23,28,30H,2H2,1H3/b24-22-. The number of benzene rings is 2. The van der Waals surface area contributed by atoms with Crippen molar-refractivity contribution in [2.45, 2.75) is 13.0 Å². The summed E-state index contributed by atoms with van der Waals surface area (Å²) in [5.74, 6) is -1.11. The summed E-state index contributed by atoms with van der Waals surface area (Å²) in [7, 11) is 0. The summed E-state index contributed by atoms with van der Waals surface area (Å²) in [4.78, 5) is 35.1. The van der Waals surface area contributed by atoms with E-state index in [2.05, 4.69) is 9.97 Å². The van der Waals surface area contributed by atoms with E-state index in [1.165, 1.54) is 4.90 Å². The van der Waals surface area contributed by atoms with Crippen LogP contribution in [0, 0.1) is 0 Å². The van der Waals surface area contributed by atoms with Crippen LogP contribution in [0.4, 0.5) is 5.69 Å². The quantitative estimate of drug-likeness (QED) is 0.269. The lowest BCUT2D eigenvalue weighted by Gasteiger charge is -2.25. The number of aromatic nitrogens is 2. The number of hydrogen-bond donors (Lipinski definition) is 2. The van der Waals surface area contributed by atoms with E-state index in [9.17, 15) is 14.7 Å². The van der Waals surface area contributed by atoms with Gasteiger partial charge in [0.1, 0.15) is 11.5 Å². The van der Waals surface area contributed by atoms with Gasteiger partial charge >= 0.3 is 0 Å². The lowest BCUT2D eigenvalue weighted by Crippen LogP contribution is -2.29. The molecule has 1 unspecified atom stereocenters. The van der Waals surface area contributed by atoms with Crippen LogP contribution >= 0.6 is 0 Å². The molecule has 1 aliphatic rings. The molecule has 164 valence electrons. The SMILES string of the molecule is CCOc1cccc(N2C(=O)C(=O)/C(=C(\O)c3c[nH]c4ccccc34)C2c2ccncc2)c1. The summed E-state index contributed by atoms with van der Waals surface area (Å²) in [6, 6.07) is 17.1. The molecule has 1 fully saturated rings. The van der Waals surface area contributed by atoms with Gasteiger partial charge in [0.05, 0.1) is 18.2 Å². The number of ketones is 1. The summed E-state index contributed by atoms with van der Waals surface area (Å²) in [5.41, 5.74) is 2.47. The Kier molecular flexibility index (Phi) is 5.14. The fourth-order valence-electron chi connectivity index (χ4n) is 4.26. The van der Waals surface area contributed by atoms with Gasteiger partial charge in [-0.05, 0) is 42.8 Å². The third-order valence-electron chi connectivity index (χ3n) is 5.72. The summed E-state index contributed by atoms with van der Waals surface area (Å²) >= 11 is 0. The second kappa shape index (κ2) is 8.27. The van der Waals surface area contributed by atoms with Crippen molar-refractivity contribution >= 4 is 34.0 Å². The van der Waals surface area contributed by atoms with Crippen LogP contribution in [-0.2, 0) is 9.59 Å². The number of Topliss-reactive ketones (excluding diaryl/α,β-unsaturated/α-hetero) is 1. The maximum absolute atomic E-state index is 13.3. The minimum atomic E-state index is -0.821. The lowest BCUT2D eigenvalue weighted by molar-refractivity contribution is -0.132. The highest BCUT2D eigenvalue weighted by molar-refractivity contribution is 6.51. The number of ether oxygens (including phenoxy) is 1. The molecular formula is C26H21N3O4. The maximum atomic E-state index is 13.3. The van der Waals surface area contributed by atoms with Crippen LogP contribution in [0.3, 0.4) is 0 Å². The Morgan fingerprint density at radius 2 is 1.88 bits per heavy atom. The third kappa shape index (κ3) is 3.43. The Labute approximate surface area is 190 Å². The predicted octanol–water partition coefficient (Wildman–Crippen LogP) is 4.59. The van der Waals surface area contributed by atoms with Crippen molar-refractivity contribution < 1.29 is 19.4 Å². The van der Waals surface area contributed by atoms with Gasteiger partial charge in [-0.2, -0.15) is 0 Å². The Morgan fingerprint density at radius 3 is 2.67 bits per heavy atom. The topological polar surface area (TPSA) is 95.5 Å². The van der Waals surface area contributed by atoms with E-state index in [1.807, 2.05) is 31.2 Å². The van der Waals surface area contributed by atoms with Gasteiger partial charge in [-0.15, -0.1) is 0 Å². The average Bonchev–Trinajstić information content (AvgIpc) is 3.39. The van der Waals surface area contributed by atoms with E-state index in [0.29, 0.717) is 29.2 Å². The van der Waals surface area contributed by atoms with Gasteiger partial charge in [0.15, 0.2) is 0 Å². The number of aliphatic hydroxyl groups is 1. The molecule has 1 amide bonds. The highest BCUT2D eigenvalue weighted by atomic mass is 16.5. The van der Waals surface area contributed by atoms with Crippen molar-refractivity contribution in [1.29, 1.82) is 0 Å². The van der Waals surface area contributed by atoms with E-state index in [1.54, 1.807) is 55.0 Å². The lowest BCUT2D eigenvalue weighted by atomic mass is 9.95. The fourth-order valence-corrected chi connectivity index (χ4v) is 4.26. The van der Waals surface area contributed by atoms with Gasteiger partial charge < -0.3 is 14.8 Å². The van der Waals surface area contributed by atoms with Crippen molar-refractivity contribution in [1.82, 2.24) is 9.97 Å². The molecule has 7 heteroatoms. The first kappa shape index (κ1) is 20.5. The fraction of sp³-hybridized carbons (Fsp3) is 0.115. The zero-order chi connectivity index (χ0) is 22.9. The van der Waals surface area contributed by atoms with Crippen LogP contribution in [0.15, 0.2) is 84.8 Å². The van der Waals surface area contributed by atoms with E-state index >= 15 is 0 Å². The average molecular weight is 439 g/mol. The molecule has 0 radical (unpaired) electrons. The van der Waals surface area contributed by atoms with Crippen LogP contribution in [-0.4, -0.2) is 33.4 Å². The number of carbonyl (C=O) groups is 2. The van der Waals surface area contributed by atoms with E-state index < -0.39 is 17.7 Å². The first-order chi connectivity index (χ1) is 16.1. The first-order valence-corrected chi connectivity index (χ1v) is 10.6. The number of rotatable bonds is 5. The number of aromatic amines is 1. The van der Waals surface area contributed by atoms with Crippen LogP contribution in [0.1, 0.15) is 24.1 Å². The smallest absolute Gasteiger partial charge is 0.300 e. The largest absolute Gasteiger partial charge is 0.507 e. The third-order valence-corrected chi connectivity index (χ3v) is 5.72. The molecule has 0 saturated carbocycles. The summed E-state index contributed by atoms with van der Waals surface area (Å²) in [6.07, 6.45) is 4.84. The monoisotopic (exact) mass is 439 g/mol. The normalized spacial score (nSPS) is 17.6.